The third-order valence-electron chi connectivity index (χ3n) is 1.34. The Morgan fingerprint density at radius 1 is 1.56 bits per heavy atom. The van der Waals surface area contributed by atoms with Crippen LogP contribution < -0.4 is 5.32 Å². The molecular formula is C8H17N. The first-order valence-electron chi connectivity index (χ1n) is 3.51. The van der Waals surface area contributed by atoms with Gasteiger partial charge in [0.15, 0.2) is 0 Å². The first-order valence-corrected chi connectivity index (χ1v) is 3.51. The predicted octanol–water partition coefficient (Wildman–Crippen LogP) is 1.95. The second-order valence-electron chi connectivity index (χ2n) is 2.85. The van der Waals surface area contributed by atoms with Crippen LogP contribution in [0.2, 0.25) is 0 Å². The van der Waals surface area contributed by atoms with E-state index in [1.807, 2.05) is 6.08 Å². The van der Waals surface area contributed by atoms with Gasteiger partial charge in [-0.2, -0.15) is 0 Å². The Hall–Kier alpha value is -0.300. The van der Waals surface area contributed by atoms with Crippen molar-refractivity contribution in [1.82, 2.24) is 5.32 Å². The van der Waals surface area contributed by atoms with Gasteiger partial charge < -0.3 is 5.32 Å². The largest absolute Gasteiger partial charge is 0.308 e. The molecule has 0 bridgehead atoms. The lowest BCUT2D eigenvalue weighted by Crippen LogP contribution is -2.37. The van der Waals surface area contributed by atoms with E-state index in [9.17, 15) is 0 Å². The molecular weight excluding hydrogens is 110 g/mol. The third-order valence-corrected chi connectivity index (χ3v) is 1.34. The van der Waals surface area contributed by atoms with Crippen LogP contribution in [0.25, 0.3) is 0 Å². The summed E-state index contributed by atoms with van der Waals surface area (Å²) in [4.78, 5) is 0. The summed E-state index contributed by atoms with van der Waals surface area (Å²) >= 11 is 0. The Bertz CT molecular complexity index is 84.6. The quantitative estimate of drug-likeness (QED) is 0.569. The molecule has 1 nitrogen and oxygen atoms in total. The van der Waals surface area contributed by atoms with Crippen LogP contribution in [-0.4, -0.2) is 12.1 Å². The fourth-order valence-corrected chi connectivity index (χ4v) is 0.519. The van der Waals surface area contributed by atoms with E-state index >= 15 is 0 Å². The highest BCUT2D eigenvalue weighted by atomic mass is 14.9. The van der Waals surface area contributed by atoms with Crippen LogP contribution in [0.3, 0.4) is 0 Å². The molecule has 0 aromatic heterocycles. The topological polar surface area (TPSA) is 12.0 Å². The van der Waals surface area contributed by atoms with Gasteiger partial charge in [0.05, 0.1) is 0 Å². The fraction of sp³-hybridized carbons (Fsp3) is 0.750. The van der Waals surface area contributed by atoms with Crippen LogP contribution in [-0.2, 0) is 0 Å². The molecule has 0 heterocycles. The van der Waals surface area contributed by atoms with Crippen molar-refractivity contribution in [3.8, 4) is 0 Å². The van der Waals surface area contributed by atoms with Gasteiger partial charge in [-0.15, -0.1) is 6.58 Å². The van der Waals surface area contributed by atoms with E-state index in [0.29, 0.717) is 0 Å². The minimum absolute atomic E-state index is 0.107. The lowest BCUT2D eigenvalue weighted by atomic mass is 10.1. The summed E-state index contributed by atoms with van der Waals surface area (Å²) in [6, 6.07) is 0. The van der Waals surface area contributed by atoms with Gasteiger partial charge in [0.25, 0.3) is 0 Å². The Kier molecular flexibility index (Phi) is 3.55. The molecule has 0 saturated carbocycles. The van der Waals surface area contributed by atoms with Crippen molar-refractivity contribution in [2.45, 2.75) is 32.7 Å². The maximum Gasteiger partial charge on any atom is 0.0304 e. The summed E-state index contributed by atoms with van der Waals surface area (Å²) in [5.41, 5.74) is 0.107. The summed E-state index contributed by atoms with van der Waals surface area (Å²) in [7, 11) is 0. The monoisotopic (exact) mass is 127 g/mol. The molecule has 0 aliphatic heterocycles. The van der Waals surface area contributed by atoms with Crippen molar-refractivity contribution < 1.29 is 0 Å². The van der Waals surface area contributed by atoms with Crippen molar-refractivity contribution in [2.24, 2.45) is 0 Å². The van der Waals surface area contributed by atoms with Gasteiger partial charge in [-0.25, -0.2) is 0 Å². The number of hydrogen-bond donors (Lipinski definition) is 1. The van der Waals surface area contributed by atoms with Crippen LogP contribution in [0.5, 0.6) is 0 Å². The van der Waals surface area contributed by atoms with Crippen molar-refractivity contribution in [2.75, 3.05) is 6.54 Å². The molecule has 1 N–H and O–H groups in total. The highest BCUT2D eigenvalue weighted by Gasteiger charge is 2.08. The highest BCUT2D eigenvalue weighted by Crippen LogP contribution is 2.01. The number of hydrogen-bond acceptors (Lipinski definition) is 1. The first-order chi connectivity index (χ1) is 4.12. The smallest absolute Gasteiger partial charge is 0.0304 e. The fourth-order valence-electron chi connectivity index (χ4n) is 0.519. The average molecular weight is 127 g/mol. The minimum Gasteiger partial charge on any atom is -0.308 e. The van der Waals surface area contributed by atoms with Gasteiger partial charge in [-0.05, 0) is 26.8 Å². The van der Waals surface area contributed by atoms with E-state index in [0.717, 1.165) is 6.54 Å². The van der Waals surface area contributed by atoms with Gasteiger partial charge in [0.1, 0.15) is 0 Å². The molecule has 0 unspecified atom stereocenters. The van der Waals surface area contributed by atoms with E-state index in [4.69, 9.17) is 0 Å². The van der Waals surface area contributed by atoms with Crippen LogP contribution in [0.4, 0.5) is 0 Å². The van der Waals surface area contributed by atoms with Crippen molar-refractivity contribution >= 4 is 0 Å². The summed E-state index contributed by atoms with van der Waals surface area (Å²) in [6.45, 7) is 11.2. The zero-order valence-corrected chi connectivity index (χ0v) is 6.70. The number of rotatable bonds is 4. The lowest BCUT2D eigenvalue weighted by molar-refractivity contribution is 0.476. The second kappa shape index (κ2) is 3.67. The van der Waals surface area contributed by atoms with E-state index in [1.165, 1.54) is 6.42 Å². The second-order valence-corrected chi connectivity index (χ2v) is 2.85. The molecule has 0 fully saturated rings. The lowest BCUT2D eigenvalue weighted by Gasteiger charge is -2.20. The zero-order chi connectivity index (χ0) is 7.33. The molecule has 0 atom stereocenters. The Morgan fingerprint density at radius 2 is 2.11 bits per heavy atom. The molecule has 0 aliphatic rings. The molecule has 54 valence electrons. The van der Waals surface area contributed by atoms with Crippen molar-refractivity contribution in [1.29, 1.82) is 0 Å². The summed E-state index contributed by atoms with van der Waals surface area (Å²) in [6.07, 6.45) is 3.11. The van der Waals surface area contributed by atoms with Crippen molar-refractivity contribution in [3.63, 3.8) is 0 Å². The van der Waals surface area contributed by atoms with Gasteiger partial charge >= 0.3 is 0 Å². The summed E-state index contributed by atoms with van der Waals surface area (Å²) in [5.74, 6) is 0. The summed E-state index contributed by atoms with van der Waals surface area (Å²) in [5, 5.41) is 3.34. The first kappa shape index (κ1) is 8.70. The van der Waals surface area contributed by atoms with Gasteiger partial charge in [0.2, 0.25) is 0 Å². The minimum atomic E-state index is 0.107. The molecule has 0 saturated heterocycles. The summed E-state index contributed by atoms with van der Waals surface area (Å²) < 4.78 is 0. The maximum atomic E-state index is 3.72. The van der Waals surface area contributed by atoms with Gasteiger partial charge in [-0.1, -0.05) is 13.0 Å². The molecule has 0 rings (SSSR count). The average Bonchev–Trinajstić information content (AvgIpc) is 1.84. The van der Waals surface area contributed by atoms with Gasteiger partial charge in [-0.3, -0.25) is 0 Å². The molecule has 0 aliphatic carbocycles. The standard InChI is InChI=1S/C8H17N/c1-5-7-9-8(3,4)6-2/h6,9H,2,5,7H2,1,3-4H3. The molecule has 0 spiro atoms. The van der Waals surface area contributed by atoms with E-state index in [-0.39, 0.29) is 5.54 Å². The maximum absolute atomic E-state index is 3.72. The SMILES string of the molecule is C=CC(C)(C)NCCC. The van der Waals surface area contributed by atoms with Crippen molar-refractivity contribution in [3.05, 3.63) is 12.7 Å². The molecule has 0 radical (unpaired) electrons. The molecule has 0 aromatic carbocycles. The Balaban J connectivity index is 3.45. The van der Waals surface area contributed by atoms with Gasteiger partial charge in [0, 0.05) is 5.54 Å². The highest BCUT2D eigenvalue weighted by molar-refractivity contribution is 4.94. The van der Waals surface area contributed by atoms with E-state index in [1.54, 1.807) is 0 Å². The van der Waals surface area contributed by atoms with E-state index < -0.39 is 0 Å². The molecule has 1 heteroatoms. The van der Waals surface area contributed by atoms with Crippen LogP contribution in [0, 0.1) is 0 Å². The Morgan fingerprint density at radius 3 is 2.44 bits per heavy atom. The normalized spacial score (nSPS) is 11.4. The zero-order valence-electron chi connectivity index (χ0n) is 6.70. The molecule has 0 amide bonds. The molecule has 0 aromatic rings. The Labute approximate surface area is 58.2 Å². The van der Waals surface area contributed by atoms with Crippen LogP contribution in [0.1, 0.15) is 27.2 Å². The van der Waals surface area contributed by atoms with Crippen LogP contribution >= 0.6 is 0 Å². The predicted molar refractivity (Wildman–Crippen MR) is 42.6 cm³/mol. The van der Waals surface area contributed by atoms with Crippen LogP contribution in [0.15, 0.2) is 12.7 Å². The molecule has 9 heavy (non-hydrogen) atoms. The van der Waals surface area contributed by atoms with E-state index in [2.05, 4.69) is 32.7 Å². The third kappa shape index (κ3) is 4.22. The number of nitrogens with one attached hydrogen (secondary N) is 1.